The predicted octanol–water partition coefficient (Wildman–Crippen LogP) is 5.03. The molecule has 0 fully saturated rings. The summed E-state index contributed by atoms with van der Waals surface area (Å²) in [5.74, 6) is 1.51. The van der Waals surface area contributed by atoms with Crippen molar-refractivity contribution in [1.82, 2.24) is 19.5 Å². The van der Waals surface area contributed by atoms with Crippen LogP contribution in [-0.2, 0) is 10.0 Å². The largest absolute Gasteiger partial charge is 0.439 e. The van der Waals surface area contributed by atoms with Gasteiger partial charge in [-0.15, -0.1) is 0 Å². The van der Waals surface area contributed by atoms with Crippen LogP contribution in [0.2, 0.25) is 0 Å². The third-order valence-corrected chi connectivity index (χ3v) is 6.93. The fourth-order valence-electron chi connectivity index (χ4n) is 3.60. The Labute approximate surface area is 197 Å². The van der Waals surface area contributed by atoms with Crippen LogP contribution in [0.25, 0.3) is 16.6 Å². The van der Waals surface area contributed by atoms with Crippen molar-refractivity contribution >= 4 is 26.5 Å². The molecule has 1 N–H and O–H groups in total. The summed E-state index contributed by atoms with van der Waals surface area (Å²) in [5, 5.41) is 1.53. The van der Waals surface area contributed by atoms with Crippen LogP contribution in [0, 0.1) is 13.8 Å². The number of sulfonamides is 1. The van der Waals surface area contributed by atoms with Crippen LogP contribution in [-0.4, -0.2) is 27.9 Å². The Morgan fingerprint density at radius 2 is 1.65 bits per heavy atom. The standard InChI is InChI=1S/C25H21N5O3S/c1-17-18(2)30(16-28-17)24-14-25(27-15-26-24)33-21-12-10-20(11-13-21)29-34(31,32)23-9-5-7-19-6-3-4-8-22(19)23/h3-16,29H,1-2H3. The number of benzene rings is 3. The molecule has 0 radical (unpaired) electrons. The summed E-state index contributed by atoms with van der Waals surface area (Å²) in [4.78, 5) is 13.0. The number of ether oxygens (including phenoxy) is 1. The molecule has 9 heteroatoms. The van der Waals surface area contributed by atoms with Crippen LogP contribution in [0.5, 0.6) is 11.6 Å². The molecule has 3 aromatic carbocycles. The normalized spacial score (nSPS) is 11.5. The number of imidazole rings is 1. The van der Waals surface area contributed by atoms with E-state index in [2.05, 4.69) is 19.7 Å². The van der Waals surface area contributed by atoms with Gasteiger partial charge < -0.3 is 4.74 Å². The van der Waals surface area contributed by atoms with Crippen molar-refractivity contribution in [3.05, 3.63) is 96.8 Å². The molecule has 170 valence electrons. The van der Waals surface area contributed by atoms with E-state index in [0.29, 0.717) is 28.5 Å². The Bertz CT molecular complexity index is 1590. The maximum Gasteiger partial charge on any atom is 0.262 e. The van der Waals surface area contributed by atoms with E-state index in [1.807, 2.05) is 42.7 Å². The molecule has 2 heterocycles. The predicted molar refractivity (Wildman–Crippen MR) is 130 cm³/mol. The second-order valence-electron chi connectivity index (χ2n) is 7.71. The van der Waals surface area contributed by atoms with Gasteiger partial charge in [-0.3, -0.25) is 9.29 Å². The molecule has 0 aliphatic carbocycles. The van der Waals surface area contributed by atoms with Crippen LogP contribution in [0.3, 0.4) is 0 Å². The van der Waals surface area contributed by atoms with Gasteiger partial charge >= 0.3 is 0 Å². The highest BCUT2D eigenvalue weighted by molar-refractivity contribution is 7.93. The SMILES string of the molecule is Cc1ncn(-c2cc(Oc3ccc(NS(=O)(=O)c4cccc5ccccc45)cc3)ncn2)c1C. The molecule has 0 spiro atoms. The maximum absolute atomic E-state index is 13.0. The van der Waals surface area contributed by atoms with Gasteiger partial charge in [-0.1, -0.05) is 36.4 Å². The molecule has 0 unspecified atom stereocenters. The quantitative estimate of drug-likeness (QED) is 0.373. The molecule has 0 atom stereocenters. The molecule has 0 aliphatic heterocycles. The topological polar surface area (TPSA) is 99.0 Å². The van der Waals surface area contributed by atoms with Crippen LogP contribution in [0.1, 0.15) is 11.4 Å². The zero-order valence-corrected chi connectivity index (χ0v) is 19.3. The Hall–Kier alpha value is -4.24. The first kappa shape index (κ1) is 21.6. The third kappa shape index (κ3) is 4.20. The van der Waals surface area contributed by atoms with E-state index in [9.17, 15) is 8.42 Å². The fourth-order valence-corrected chi connectivity index (χ4v) is 4.89. The molecular formula is C25H21N5O3S. The average Bonchev–Trinajstić information content (AvgIpc) is 3.18. The summed E-state index contributed by atoms with van der Waals surface area (Å²) < 4.78 is 36.4. The highest BCUT2D eigenvalue weighted by Gasteiger charge is 2.17. The average molecular weight is 472 g/mol. The highest BCUT2D eigenvalue weighted by atomic mass is 32.2. The van der Waals surface area contributed by atoms with Crippen molar-refractivity contribution in [1.29, 1.82) is 0 Å². The van der Waals surface area contributed by atoms with Crippen molar-refractivity contribution in [2.24, 2.45) is 0 Å². The van der Waals surface area contributed by atoms with E-state index in [0.717, 1.165) is 16.8 Å². The van der Waals surface area contributed by atoms with E-state index >= 15 is 0 Å². The molecule has 0 amide bonds. The van der Waals surface area contributed by atoms with Gasteiger partial charge in [0.1, 0.15) is 24.2 Å². The number of nitrogens with one attached hydrogen (secondary N) is 1. The summed E-state index contributed by atoms with van der Waals surface area (Å²) in [6.07, 6.45) is 3.12. The second kappa shape index (κ2) is 8.60. The van der Waals surface area contributed by atoms with Gasteiger partial charge in [-0.2, -0.15) is 0 Å². The Balaban J connectivity index is 1.34. The summed E-state index contributed by atoms with van der Waals surface area (Å²) in [6, 6.07) is 20.9. The number of anilines is 1. The first-order valence-corrected chi connectivity index (χ1v) is 12.0. The number of hydrogen-bond donors (Lipinski definition) is 1. The van der Waals surface area contributed by atoms with Gasteiger partial charge in [0, 0.05) is 22.8 Å². The Morgan fingerprint density at radius 1 is 0.882 bits per heavy atom. The molecule has 0 aliphatic rings. The molecule has 5 rings (SSSR count). The smallest absolute Gasteiger partial charge is 0.262 e. The van der Waals surface area contributed by atoms with Crippen LogP contribution in [0.15, 0.2) is 90.3 Å². The van der Waals surface area contributed by atoms with E-state index in [1.165, 1.54) is 6.33 Å². The van der Waals surface area contributed by atoms with Gasteiger partial charge in [0.2, 0.25) is 5.88 Å². The number of nitrogens with zero attached hydrogens (tertiary/aromatic N) is 4. The Morgan fingerprint density at radius 3 is 2.41 bits per heavy atom. The van der Waals surface area contributed by atoms with E-state index < -0.39 is 10.0 Å². The van der Waals surface area contributed by atoms with Gasteiger partial charge in [0.05, 0.1) is 10.6 Å². The van der Waals surface area contributed by atoms with E-state index in [-0.39, 0.29) is 4.90 Å². The molecule has 0 bridgehead atoms. The first-order valence-electron chi connectivity index (χ1n) is 10.5. The van der Waals surface area contributed by atoms with Crippen LogP contribution < -0.4 is 9.46 Å². The zero-order valence-electron chi connectivity index (χ0n) is 18.5. The summed E-state index contributed by atoms with van der Waals surface area (Å²) >= 11 is 0. The van der Waals surface area contributed by atoms with Crippen molar-refractivity contribution in [2.75, 3.05) is 4.72 Å². The van der Waals surface area contributed by atoms with Crippen LogP contribution >= 0.6 is 0 Å². The lowest BCUT2D eigenvalue weighted by molar-refractivity contribution is 0.461. The molecule has 8 nitrogen and oxygen atoms in total. The number of fused-ring (bicyclic) bond motifs is 1. The molecule has 5 aromatic rings. The lowest BCUT2D eigenvalue weighted by Gasteiger charge is -2.11. The number of aryl methyl sites for hydroxylation is 1. The molecule has 2 aromatic heterocycles. The molecule has 0 saturated heterocycles. The molecule has 0 saturated carbocycles. The minimum atomic E-state index is -3.77. The van der Waals surface area contributed by atoms with E-state index in [4.69, 9.17) is 4.74 Å². The minimum Gasteiger partial charge on any atom is -0.439 e. The number of aromatic nitrogens is 4. The monoisotopic (exact) mass is 471 g/mol. The lowest BCUT2D eigenvalue weighted by Crippen LogP contribution is -2.13. The molecular weight excluding hydrogens is 450 g/mol. The zero-order chi connectivity index (χ0) is 23.7. The highest BCUT2D eigenvalue weighted by Crippen LogP contribution is 2.27. The summed E-state index contributed by atoms with van der Waals surface area (Å²) in [5.41, 5.74) is 2.32. The van der Waals surface area contributed by atoms with Crippen molar-refractivity contribution in [3.63, 3.8) is 0 Å². The molecule has 34 heavy (non-hydrogen) atoms. The van der Waals surface area contributed by atoms with Gasteiger partial charge in [-0.05, 0) is 49.6 Å². The lowest BCUT2D eigenvalue weighted by atomic mass is 10.1. The van der Waals surface area contributed by atoms with E-state index in [1.54, 1.807) is 54.9 Å². The summed E-state index contributed by atoms with van der Waals surface area (Å²) in [6.45, 7) is 3.89. The number of rotatable bonds is 6. The maximum atomic E-state index is 13.0. The first-order chi connectivity index (χ1) is 16.4. The van der Waals surface area contributed by atoms with Gasteiger partial charge in [-0.25, -0.2) is 23.4 Å². The fraction of sp³-hybridized carbons (Fsp3) is 0.0800. The van der Waals surface area contributed by atoms with Crippen molar-refractivity contribution < 1.29 is 13.2 Å². The van der Waals surface area contributed by atoms with Crippen LogP contribution in [0.4, 0.5) is 5.69 Å². The van der Waals surface area contributed by atoms with Crippen molar-refractivity contribution in [3.8, 4) is 17.4 Å². The number of hydrogen-bond acceptors (Lipinski definition) is 6. The summed E-state index contributed by atoms with van der Waals surface area (Å²) in [7, 11) is -3.77. The van der Waals surface area contributed by atoms with Gasteiger partial charge in [0.15, 0.2) is 0 Å². The second-order valence-corrected chi connectivity index (χ2v) is 9.36. The minimum absolute atomic E-state index is 0.226. The Kier molecular flexibility index (Phi) is 5.46. The van der Waals surface area contributed by atoms with Gasteiger partial charge in [0.25, 0.3) is 10.0 Å². The third-order valence-electron chi connectivity index (χ3n) is 5.49. The van der Waals surface area contributed by atoms with Crippen molar-refractivity contribution in [2.45, 2.75) is 18.7 Å².